The van der Waals surface area contributed by atoms with Gasteiger partial charge in [0.25, 0.3) is 0 Å². The van der Waals surface area contributed by atoms with Gasteiger partial charge in [0.05, 0.1) is 0 Å². The van der Waals surface area contributed by atoms with Gasteiger partial charge >= 0.3 is 0 Å². The lowest BCUT2D eigenvalue weighted by Crippen LogP contribution is -2.36. The van der Waals surface area contributed by atoms with Crippen molar-refractivity contribution < 1.29 is 4.39 Å². The SMILES string of the molecule is Cc1cc(F)ccc1-c1nnc(CCCNC(C)(C)C)s1. The molecule has 114 valence electrons. The lowest BCUT2D eigenvalue weighted by Gasteiger charge is -2.20. The third kappa shape index (κ3) is 4.86. The van der Waals surface area contributed by atoms with E-state index >= 15 is 0 Å². The van der Waals surface area contributed by atoms with E-state index in [1.807, 2.05) is 6.92 Å². The number of hydrogen-bond donors (Lipinski definition) is 1. The molecule has 5 heteroatoms. The van der Waals surface area contributed by atoms with E-state index in [9.17, 15) is 4.39 Å². The summed E-state index contributed by atoms with van der Waals surface area (Å²) >= 11 is 1.59. The third-order valence-electron chi connectivity index (χ3n) is 3.11. The number of hydrogen-bond acceptors (Lipinski definition) is 4. The van der Waals surface area contributed by atoms with Crippen molar-refractivity contribution in [3.05, 3.63) is 34.6 Å². The molecule has 0 saturated carbocycles. The van der Waals surface area contributed by atoms with Gasteiger partial charge in [0, 0.05) is 17.5 Å². The van der Waals surface area contributed by atoms with Crippen LogP contribution in [-0.2, 0) is 6.42 Å². The minimum Gasteiger partial charge on any atom is -0.312 e. The Morgan fingerprint density at radius 1 is 1.24 bits per heavy atom. The fourth-order valence-electron chi connectivity index (χ4n) is 2.03. The molecule has 2 rings (SSSR count). The van der Waals surface area contributed by atoms with E-state index < -0.39 is 0 Å². The second kappa shape index (κ2) is 6.62. The Kier molecular flexibility index (Phi) is 5.06. The van der Waals surface area contributed by atoms with Crippen molar-refractivity contribution in [3.8, 4) is 10.6 Å². The van der Waals surface area contributed by atoms with Crippen LogP contribution in [0.3, 0.4) is 0 Å². The Labute approximate surface area is 129 Å². The maximum Gasteiger partial charge on any atom is 0.148 e. The molecule has 1 heterocycles. The molecule has 0 fully saturated rings. The molecule has 1 aromatic carbocycles. The quantitative estimate of drug-likeness (QED) is 0.849. The highest BCUT2D eigenvalue weighted by Crippen LogP contribution is 2.27. The Balaban J connectivity index is 1.95. The van der Waals surface area contributed by atoms with Crippen molar-refractivity contribution in [1.82, 2.24) is 15.5 Å². The van der Waals surface area contributed by atoms with E-state index in [1.54, 1.807) is 17.4 Å². The number of halogens is 1. The molecule has 3 nitrogen and oxygen atoms in total. The van der Waals surface area contributed by atoms with E-state index in [-0.39, 0.29) is 11.4 Å². The van der Waals surface area contributed by atoms with Crippen LogP contribution in [-0.4, -0.2) is 22.3 Å². The highest BCUT2D eigenvalue weighted by atomic mass is 32.1. The van der Waals surface area contributed by atoms with Gasteiger partial charge in [0.15, 0.2) is 0 Å². The fourth-order valence-corrected chi connectivity index (χ4v) is 3.01. The van der Waals surface area contributed by atoms with Crippen LogP contribution < -0.4 is 5.32 Å². The van der Waals surface area contributed by atoms with Crippen LogP contribution in [0.25, 0.3) is 10.6 Å². The lowest BCUT2D eigenvalue weighted by molar-refractivity contribution is 0.422. The summed E-state index contributed by atoms with van der Waals surface area (Å²) in [5.74, 6) is -0.214. The summed E-state index contributed by atoms with van der Waals surface area (Å²) in [7, 11) is 0. The molecule has 0 atom stereocenters. The Bertz CT molecular complexity index is 602. The smallest absolute Gasteiger partial charge is 0.148 e. The van der Waals surface area contributed by atoms with Crippen molar-refractivity contribution in [2.45, 2.75) is 46.1 Å². The normalized spacial score (nSPS) is 11.9. The van der Waals surface area contributed by atoms with Gasteiger partial charge in [-0.15, -0.1) is 10.2 Å². The van der Waals surface area contributed by atoms with Crippen LogP contribution >= 0.6 is 11.3 Å². The monoisotopic (exact) mass is 307 g/mol. The summed E-state index contributed by atoms with van der Waals surface area (Å²) in [6, 6.07) is 4.77. The van der Waals surface area contributed by atoms with Crippen LogP contribution in [0.15, 0.2) is 18.2 Å². The molecule has 0 spiro atoms. The first-order valence-electron chi connectivity index (χ1n) is 7.19. The van der Waals surface area contributed by atoms with Crippen molar-refractivity contribution >= 4 is 11.3 Å². The van der Waals surface area contributed by atoms with Gasteiger partial charge in [-0.1, -0.05) is 11.3 Å². The van der Waals surface area contributed by atoms with Gasteiger partial charge in [-0.25, -0.2) is 4.39 Å². The van der Waals surface area contributed by atoms with Crippen LogP contribution in [0.4, 0.5) is 4.39 Å². The average Bonchev–Trinajstić information content (AvgIpc) is 2.82. The van der Waals surface area contributed by atoms with Gasteiger partial charge in [-0.2, -0.15) is 0 Å². The second-order valence-electron chi connectivity index (χ2n) is 6.24. The number of benzene rings is 1. The molecule has 2 aromatic rings. The fraction of sp³-hybridized carbons (Fsp3) is 0.500. The molecule has 0 bridgehead atoms. The maximum absolute atomic E-state index is 13.1. The molecular formula is C16H22FN3S. The van der Waals surface area contributed by atoms with E-state index in [0.717, 1.165) is 40.5 Å². The molecule has 1 aromatic heterocycles. The zero-order valence-electron chi connectivity index (χ0n) is 13.0. The molecule has 0 aliphatic heterocycles. The highest BCUT2D eigenvalue weighted by Gasteiger charge is 2.11. The summed E-state index contributed by atoms with van der Waals surface area (Å²) in [6.45, 7) is 9.34. The van der Waals surface area contributed by atoms with Gasteiger partial charge in [-0.3, -0.25) is 0 Å². The molecule has 0 amide bonds. The first-order valence-corrected chi connectivity index (χ1v) is 8.01. The van der Waals surface area contributed by atoms with Gasteiger partial charge in [0.1, 0.15) is 15.8 Å². The van der Waals surface area contributed by atoms with Gasteiger partial charge in [0.2, 0.25) is 0 Å². The van der Waals surface area contributed by atoms with E-state index in [2.05, 4.69) is 36.3 Å². The molecular weight excluding hydrogens is 285 g/mol. The summed E-state index contributed by atoms with van der Waals surface area (Å²) in [5, 5.41) is 13.8. The largest absolute Gasteiger partial charge is 0.312 e. The average molecular weight is 307 g/mol. The molecule has 1 N–H and O–H groups in total. The Morgan fingerprint density at radius 3 is 2.67 bits per heavy atom. The Hall–Kier alpha value is -1.33. The molecule has 0 aliphatic rings. The van der Waals surface area contributed by atoms with Crippen LogP contribution in [0.2, 0.25) is 0 Å². The molecule has 0 unspecified atom stereocenters. The predicted octanol–water partition coefficient (Wildman–Crippen LogP) is 3.97. The number of nitrogens with one attached hydrogen (secondary N) is 1. The van der Waals surface area contributed by atoms with Crippen molar-refractivity contribution in [2.24, 2.45) is 0 Å². The van der Waals surface area contributed by atoms with Crippen LogP contribution in [0, 0.1) is 12.7 Å². The van der Waals surface area contributed by atoms with E-state index in [1.165, 1.54) is 12.1 Å². The van der Waals surface area contributed by atoms with Crippen molar-refractivity contribution in [3.63, 3.8) is 0 Å². The van der Waals surface area contributed by atoms with E-state index in [4.69, 9.17) is 0 Å². The molecule has 0 aliphatic carbocycles. The number of aryl methyl sites for hydroxylation is 2. The number of aromatic nitrogens is 2. The topological polar surface area (TPSA) is 37.8 Å². The number of rotatable bonds is 5. The standard InChI is InChI=1S/C16H22FN3S/c1-11-10-12(17)7-8-13(11)15-20-19-14(21-15)6-5-9-18-16(2,3)4/h7-8,10,18H,5-6,9H2,1-4H3. The summed E-state index contributed by atoms with van der Waals surface area (Å²) in [6.07, 6.45) is 1.95. The minimum absolute atomic E-state index is 0.150. The number of nitrogens with zero attached hydrogens (tertiary/aromatic N) is 2. The molecule has 0 saturated heterocycles. The molecule has 21 heavy (non-hydrogen) atoms. The summed E-state index contributed by atoms with van der Waals surface area (Å²) in [5.41, 5.74) is 2.01. The van der Waals surface area contributed by atoms with Gasteiger partial charge < -0.3 is 5.32 Å². The van der Waals surface area contributed by atoms with E-state index in [0.29, 0.717) is 0 Å². The first-order chi connectivity index (χ1) is 9.85. The summed E-state index contributed by atoms with van der Waals surface area (Å²) in [4.78, 5) is 0. The van der Waals surface area contributed by atoms with Crippen molar-refractivity contribution in [2.75, 3.05) is 6.54 Å². The first kappa shape index (κ1) is 16.0. The second-order valence-corrected chi connectivity index (χ2v) is 7.30. The zero-order chi connectivity index (χ0) is 15.5. The zero-order valence-corrected chi connectivity index (χ0v) is 13.9. The molecule has 0 radical (unpaired) electrons. The van der Waals surface area contributed by atoms with Gasteiger partial charge in [-0.05, 0) is 64.4 Å². The van der Waals surface area contributed by atoms with Crippen molar-refractivity contribution in [1.29, 1.82) is 0 Å². The Morgan fingerprint density at radius 2 is 2.00 bits per heavy atom. The van der Waals surface area contributed by atoms with Crippen LogP contribution in [0.5, 0.6) is 0 Å². The maximum atomic E-state index is 13.1. The lowest BCUT2D eigenvalue weighted by atomic mass is 10.1. The minimum atomic E-state index is -0.214. The highest BCUT2D eigenvalue weighted by molar-refractivity contribution is 7.14. The third-order valence-corrected chi connectivity index (χ3v) is 4.12. The van der Waals surface area contributed by atoms with Crippen LogP contribution in [0.1, 0.15) is 37.8 Å². The predicted molar refractivity (Wildman–Crippen MR) is 86.1 cm³/mol. The summed E-state index contributed by atoms with van der Waals surface area (Å²) < 4.78 is 13.1.